The van der Waals surface area contributed by atoms with E-state index in [0.717, 1.165) is 24.8 Å². The second-order valence-corrected chi connectivity index (χ2v) is 7.03. The maximum atomic E-state index is 11.1. The number of aliphatic hydroxyl groups is 1. The van der Waals surface area contributed by atoms with Gasteiger partial charge >= 0.3 is 8.03 Å². The van der Waals surface area contributed by atoms with E-state index in [9.17, 15) is 9.67 Å². The molecule has 0 saturated heterocycles. The first-order valence-corrected chi connectivity index (χ1v) is 9.02. The molecule has 0 bridgehead atoms. The smallest absolute Gasteiger partial charge is 0.384 e. The molecule has 1 aromatic carbocycles. The summed E-state index contributed by atoms with van der Waals surface area (Å²) in [4.78, 5) is 0. The summed E-state index contributed by atoms with van der Waals surface area (Å²) in [6.07, 6.45) is 3.72. The quantitative estimate of drug-likeness (QED) is 0.478. The fourth-order valence-corrected chi connectivity index (χ4v) is 2.72. The zero-order chi connectivity index (χ0) is 15.7. The van der Waals surface area contributed by atoms with Crippen molar-refractivity contribution in [3.8, 4) is 0 Å². The van der Waals surface area contributed by atoms with Gasteiger partial charge in [-0.05, 0) is 42.0 Å². The third-order valence-corrected chi connectivity index (χ3v) is 4.69. The van der Waals surface area contributed by atoms with Crippen LogP contribution in [-0.4, -0.2) is 24.4 Å². The Bertz CT molecular complexity index is 445. The van der Waals surface area contributed by atoms with E-state index in [1.807, 2.05) is 19.1 Å². The second-order valence-electron chi connectivity index (χ2n) is 5.04. The highest BCUT2D eigenvalue weighted by Gasteiger charge is 2.26. The number of rotatable bonds is 10. The highest BCUT2D eigenvalue weighted by molar-refractivity contribution is 7.39. The Morgan fingerprint density at radius 1 is 1.27 bits per heavy atom. The van der Waals surface area contributed by atoms with Gasteiger partial charge in [0.05, 0.1) is 0 Å². The summed E-state index contributed by atoms with van der Waals surface area (Å²) < 4.78 is 16.3. The Labute approximate surface area is 144 Å². The highest BCUT2D eigenvalue weighted by Crippen LogP contribution is 2.28. The molecular formula is C15H25Cl2NO3P+. The van der Waals surface area contributed by atoms with Crippen LogP contribution >= 0.6 is 32.0 Å². The minimum absolute atomic E-state index is 0. The molecule has 2 atom stereocenters. The fourth-order valence-electron chi connectivity index (χ4n) is 2.08. The van der Waals surface area contributed by atoms with Gasteiger partial charge in [0.1, 0.15) is 12.2 Å². The standard InChI is InChI=1S/C15H24ClNO3P.ClH/c1-2-21(19)20-11-5-3-4-10-15(18,12-17)13-6-8-14(16)9-7-13;/h6-9,18H,2-5,10-12,17H2,1H3;1H/q+1;. The summed E-state index contributed by atoms with van der Waals surface area (Å²) in [5.41, 5.74) is 5.51. The van der Waals surface area contributed by atoms with Crippen LogP contribution in [0.5, 0.6) is 0 Å². The van der Waals surface area contributed by atoms with Crippen molar-refractivity contribution in [3.05, 3.63) is 34.9 Å². The first kappa shape index (κ1) is 21.8. The minimum atomic E-state index is -1.50. The van der Waals surface area contributed by atoms with Crippen molar-refractivity contribution in [1.29, 1.82) is 0 Å². The zero-order valence-electron chi connectivity index (χ0n) is 12.8. The molecule has 0 fully saturated rings. The molecule has 22 heavy (non-hydrogen) atoms. The van der Waals surface area contributed by atoms with Gasteiger partial charge in [-0.3, -0.25) is 0 Å². The summed E-state index contributed by atoms with van der Waals surface area (Å²) >= 11 is 5.85. The van der Waals surface area contributed by atoms with Crippen LogP contribution in [0.2, 0.25) is 5.02 Å². The first-order chi connectivity index (χ1) is 10.0. The van der Waals surface area contributed by atoms with Crippen LogP contribution in [0.25, 0.3) is 0 Å². The van der Waals surface area contributed by atoms with Gasteiger partial charge < -0.3 is 10.8 Å². The average molecular weight is 369 g/mol. The highest BCUT2D eigenvalue weighted by atomic mass is 35.5. The molecule has 0 aromatic heterocycles. The molecule has 0 aliphatic rings. The molecule has 126 valence electrons. The van der Waals surface area contributed by atoms with Gasteiger partial charge in [-0.25, -0.2) is 0 Å². The molecule has 0 saturated carbocycles. The molecule has 3 N–H and O–H groups in total. The minimum Gasteiger partial charge on any atom is -0.384 e. The Morgan fingerprint density at radius 2 is 1.91 bits per heavy atom. The lowest BCUT2D eigenvalue weighted by molar-refractivity contribution is 0.0337. The number of benzene rings is 1. The molecule has 0 aliphatic heterocycles. The number of hydrogen-bond donors (Lipinski definition) is 2. The Hall–Kier alpha value is -0.220. The van der Waals surface area contributed by atoms with Gasteiger partial charge in [0.2, 0.25) is 0 Å². The summed E-state index contributed by atoms with van der Waals surface area (Å²) in [7, 11) is -1.50. The summed E-state index contributed by atoms with van der Waals surface area (Å²) in [6.45, 7) is 2.52. The molecule has 4 nitrogen and oxygen atoms in total. The van der Waals surface area contributed by atoms with E-state index in [1.54, 1.807) is 12.1 Å². The fraction of sp³-hybridized carbons (Fsp3) is 0.600. The molecule has 0 spiro atoms. The zero-order valence-corrected chi connectivity index (χ0v) is 15.3. The van der Waals surface area contributed by atoms with Crippen LogP contribution in [0.1, 0.15) is 38.2 Å². The van der Waals surface area contributed by atoms with Crippen LogP contribution in [0, 0.1) is 0 Å². The molecule has 2 unspecified atom stereocenters. The van der Waals surface area contributed by atoms with E-state index in [4.69, 9.17) is 21.9 Å². The van der Waals surface area contributed by atoms with Crippen molar-refractivity contribution < 1.29 is 14.2 Å². The first-order valence-electron chi connectivity index (χ1n) is 7.28. The van der Waals surface area contributed by atoms with Crippen LogP contribution in [0.4, 0.5) is 0 Å². The van der Waals surface area contributed by atoms with Crippen molar-refractivity contribution in [1.82, 2.24) is 0 Å². The number of nitrogens with two attached hydrogens (primary N) is 1. The molecule has 0 radical (unpaired) electrons. The lowest BCUT2D eigenvalue weighted by atomic mass is 9.88. The van der Waals surface area contributed by atoms with E-state index in [0.29, 0.717) is 24.2 Å². The van der Waals surface area contributed by atoms with Crippen LogP contribution in [0.15, 0.2) is 24.3 Å². The maximum absolute atomic E-state index is 11.1. The Balaban J connectivity index is 0.00000441. The molecule has 1 rings (SSSR count). The molecule has 0 heterocycles. The third-order valence-electron chi connectivity index (χ3n) is 3.45. The molecule has 0 amide bonds. The largest absolute Gasteiger partial charge is 0.507 e. The molecule has 7 heteroatoms. The SMILES string of the molecule is CC[P+](=O)OCCCCCC(O)(CN)c1ccc(Cl)cc1.Cl. The van der Waals surface area contributed by atoms with E-state index < -0.39 is 13.6 Å². The third kappa shape index (κ3) is 7.36. The van der Waals surface area contributed by atoms with Crippen molar-refractivity contribution >= 4 is 32.0 Å². The molecule has 1 aromatic rings. The van der Waals surface area contributed by atoms with Gasteiger partial charge in [0, 0.05) is 11.6 Å². The second kappa shape index (κ2) is 11.3. The summed E-state index contributed by atoms with van der Waals surface area (Å²) in [5, 5.41) is 11.3. The molecular weight excluding hydrogens is 344 g/mol. The number of unbranched alkanes of at least 4 members (excludes halogenated alkanes) is 2. The topological polar surface area (TPSA) is 72.5 Å². The van der Waals surface area contributed by atoms with Crippen molar-refractivity contribution in [2.24, 2.45) is 5.73 Å². The van der Waals surface area contributed by atoms with Crippen molar-refractivity contribution in [2.45, 2.75) is 38.2 Å². The lowest BCUT2D eigenvalue weighted by Crippen LogP contribution is -2.34. The van der Waals surface area contributed by atoms with Gasteiger partial charge in [-0.2, -0.15) is 0 Å². The van der Waals surface area contributed by atoms with Crippen molar-refractivity contribution in [2.75, 3.05) is 19.3 Å². The van der Waals surface area contributed by atoms with Gasteiger partial charge in [0.25, 0.3) is 0 Å². The summed E-state index contributed by atoms with van der Waals surface area (Å²) in [6, 6.07) is 7.13. The van der Waals surface area contributed by atoms with Crippen LogP contribution < -0.4 is 5.73 Å². The number of hydrogen-bond acceptors (Lipinski definition) is 4. The van der Waals surface area contributed by atoms with Crippen molar-refractivity contribution in [3.63, 3.8) is 0 Å². The van der Waals surface area contributed by atoms with E-state index >= 15 is 0 Å². The van der Waals surface area contributed by atoms with E-state index in [1.165, 1.54) is 0 Å². The number of halogens is 2. The Kier molecular flexibility index (Phi) is 11.2. The van der Waals surface area contributed by atoms with E-state index in [2.05, 4.69) is 0 Å². The predicted molar refractivity (Wildman–Crippen MR) is 94.2 cm³/mol. The molecule has 0 aliphatic carbocycles. The lowest BCUT2D eigenvalue weighted by Gasteiger charge is -2.27. The van der Waals surface area contributed by atoms with Crippen LogP contribution in [-0.2, 0) is 14.7 Å². The van der Waals surface area contributed by atoms with Gasteiger partial charge in [0.15, 0.2) is 6.16 Å². The van der Waals surface area contributed by atoms with Gasteiger partial charge in [-0.15, -0.1) is 16.9 Å². The monoisotopic (exact) mass is 368 g/mol. The van der Waals surface area contributed by atoms with Gasteiger partial charge in [-0.1, -0.05) is 36.6 Å². The predicted octanol–water partition coefficient (Wildman–Crippen LogP) is 4.25. The summed E-state index contributed by atoms with van der Waals surface area (Å²) in [5.74, 6) is 0. The average Bonchev–Trinajstić information content (AvgIpc) is 2.50. The normalized spacial score (nSPS) is 14.1. The van der Waals surface area contributed by atoms with Crippen LogP contribution in [0.3, 0.4) is 0 Å². The maximum Gasteiger partial charge on any atom is 0.507 e. The van der Waals surface area contributed by atoms with E-state index in [-0.39, 0.29) is 19.0 Å². The Morgan fingerprint density at radius 3 is 2.45 bits per heavy atom.